The Morgan fingerprint density at radius 1 is 1.10 bits per heavy atom. The number of aliphatic carboxylic acids is 2. The minimum Gasteiger partial charge on any atom is -0.478 e. The number of nitrogens with zero attached hydrogens (tertiary/aromatic N) is 1. The molecule has 0 amide bonds. The average molecular weight is 394 g/mol. The topological polar surface area (TPSA) is 99.5 Å². The lowest BCUT2D eigenvalue weighted by Crippen LogP contribution is -2.09. The largest absolute Gasteiger partial charge is 0.478 e. The van der Waals surface area contributed by atoms with Crippen LogP contribution in [0.15, 0.2) is 66.4 Å². The summed E-state index contributed by atoms with van der Waals surface area (Å²) in [5.74, 6) is -2.17. The highest BCUT2D eigenvalue weighted by Gasteiger charge is 2.25. The summed E-state index contributed by atoms with van der Waals surface area (Å²) in [5, 5.41) is 18.9. The van der Waals surface area contributed by atoms with Gasteiger partial charge in [-0.25, -0.2) is 9.59 Å². The van der Waals surface area contributed by atoms with Crippen molar-refractivity contribution in [2.24, 2.45) is 0 Å². The zero-order valence-corrected chi connectivity index (χ0v) is 16.6. The summed E-state index contributed by atoms with van der Waals surface area (Å²) in [7, 11) is 2.02. The van der Waals surface area contributed by atoms with Gasteiger partial charge in [-0.3, -0.25) is 4.98 Å². The molecule has 1 heterocycles. The van der Waals surface area contributed by atoms with E-state index in [-0.39, 0.29) is 0 Å². The Kier molecular flexibility index (Phi) is 8.30. The van der Waals surface area contributed by atoms with E-state index in [2.05, 4.69) is 53.6 Å². The van der Waals surface area contributed by atoms with E-state index in [1.54, 1.807) is 5.57 Å². The number of hydrogen-bond donors (Lipinski definition) is 3. The molecule has 1 aromatic heterocycles. The van der Waals surface area contributed by atoms with Gasteiger partial charge >= 0.3 is 11.9 Å². The van der Waals surface area contributed by atoms with Gasteiger partial charge in [-0.2, -0.15) is 0 Å². The standard InChI is InChI=1S/C19H22N2.C4H4O4/c1-14(18-9-5-6-11-21-18)19-16(10-12-20-2)13-15-7-3-4-8-17(15)19;5-3(6)1-2-4(7)8/h3-9,11,14,20H,10,12-13H2,1-2H3;1-2H,(H,5,6)(H,7,8)/b;2-1-. The lowest BCUT2D eigenvalue weighted by atomic mass is 9.90. The minimum atomic E-state index is -1.26. The molecule has 1 atom stereocenters. The smallest absolute Gasteiger partial charge is 0.328 e. The summed E-state index contributed by atoms with van der Waals surface area (Å²) in [4.78, 5) is 23.7. The normalized spacial score (nSPS) is 13.6. The van der Waals surface area contributed by atoms with Crippen molar-refractivity contribution in [1.29, 1.82) is 0 Å². The predicted molar refractivity (Wildman–Crippen MR) is 113 cm³/mol. The van der Waals surface area contributed by atoms with Crippen LogP contribution in [0.4, 0.5) is 0 Å². The molecule has 0 aliphatic heterocycles. The van der Waals surface area contributed by atoms with Crippen LogP contribution in [0.2, 0.25) is 0 Å². The zero-order valence-electron chi connectivity index (χ0n) is 16.6. The van der Waals surface area contributed by atoms with Gasteiger partial charge in [0.15, 0.2) is 0 Å². The number of allylic oxidation sites excluding steroid dienone is 1. The Morgan fingerprint density at radius 3 is 2.34 bits per heavy atom. The molecule has 0 radical (unpaired) electrons. The first-order valence-electron chi connectivity index (χ1n) is 9.43. The third-order valence-electron chi connectivity index (χ3n) is 4.70. The van der Waals surface area contributed by atoms with Gasteiger partial charge in [-0.1, -0.05) is 42.8 Å². The number of pyridine rings is 1. The highest BCUT2D eigenvalue weighted by molar-refractivity contribution is 5.89. The van der Waals surface area contributed by atoms with Crippen LogP contribution in [-0.4, -0.2) is 40.7 Å². The third kappa shape index (κ3) is 6.40. The van der Waals surface area contributed by atoms with Gasteiger partial charge in [-0.15, -0.1) is 0 Å². The molecule has 29 heavy (non-hydrogen) atoms. The lowest BCUT2D eigenvalue weighted by molar-refractivity contribution is -0.134. The van der Waals surface area contributed by atoms with Crippen LogP contribution in [0.5, 0.6) is 0 Å². The molecule has 3 rings (SSSR count). The number of carboxylic acids is 2. The molecule has 0 spiro atoms. The van der Waals surface area contributed by atoms with E-state index in [1.165, 1.54) is 16.7 Å². The predicted octanol–water partition coefficient (Wildman–Crippen LogP) is 3.52. The molecule has 1 aliphatic carbocycles. The van der Waals surface area contributed by atoms with Crippen LogP contribution >= 0.6 is 0 Å². The molecule has 0 saturated heterocycles. The lowest BCUT2D eigenvalue weighted by Gasteiger charge is -2.17. The molecule has 0 saturated carbocycles. The van der Waals surface area contributed by atoms with E-state index in [4.69, 9.17) is 10.2 Å². The van der Waals surface area contributed by atoms with Crippen molar-refractivity contribution in [2.45, 2.75) is 25.7 Å². The first kappa shape index (κ1) is 22.0. The molecule has 2 aromatic rings. The highest BCUT2D eigenvalue weighted by Crippen LogP contribution is 2.42. The van der Waals surface area contributed by atoms with Crippen LogP contribution in [-0.2, 0) is 16.0 Å². The maximum atomic E-state index is 9.55. The quantitative estimate of drug-likeness (QED) is 0.622. The first-order chi connectivity index (χ1) is 13.9. The van der Waals surface area contributed by atoms with Crippen molar-refractivity contribution in [3.05, 3.63) is 83.2 Å². The summed E-state index contributed by atoms with van der Waals surface area (Å²) in [6, 6.07) is 15.0. The van der Waals surface area contributed by atoms with E-state index in [0.29, 0.717) is 18.1 Å². The summed E-state index contributed by atoms with van der Waals surface area (Å²) >= 11 is 0. The Bertz CT molecular complexity index is 888. The number of nitrogens with one attached hydrogen (secondary N) is 1. The molecule has 3 N–H and O–H groups in total. The molecule has 1 aliphatic rings. The first-order valence-corrected chi connectivity index (χ1v) is 9.43. The fourth-order valence-corrected chi connectivity index (χ4v) is 3.41. The number of rotatable bonds is 7. The van der Waals surface area contributed by atoms with Gasteiger partial charge in [0.2, 0.25) is 0 Å². The second-order valence-electron chi connectivity index (χ2n) is 6.69. The number of fused-ring (bicyclic) bond motifs is 1. The molecular weight excluding hydrogens is 368 g/mol. The van der Waals surface area contributed by atoms with Crippen LogP contribution in [0.1, 0.15) is 36.1 Å². The van der Waals surface area contributed by atoms with Crippen LogP contribution in [0, 0.1) is 0 Å². The van der Waals surface area contributed by atoms with Gasteiger partial charge in [-0.05, 0) is 55.3 Å². The van der Waals surface area contributed by atoms with Crippen molar-refractivity contribution in [2.75, 3.05) is 13.6 Å². The fraction of sp³-hybridized carbons (Fsp3) is 0.261. The highest BCUT2D eigenvalue weighted by atomic mass is 16.4. The second kappa shape index (κ2) is 10.9. The second-order valence-corrected chi connectivity index (χ2v) is 6.69. The third-order valence-corrected chi connectivity index (χ3v) is 4.70. The Labute approximate surface area is 170 Å². The summed E-state index contributed by atoms with van der Waals surface area (Å²) in [6.07, 6.45) is 5.20. The molecule has 0 bridgehead atoms. The maximum absolute atomic E-state index is 9.55. The summed E-state index contributed by atoms with van der Waals surface area (Å²) in [5.41, 5.74) is 7.08. The van der Waals surface area contributed by atoms with E-state index < -0.39 is 11.9 Å². The van der Waals surface area contributed by atoms with E-state index in [9.17, 15) is 9.59 Å². The molecule has 6 nitrogen and oxygen atoms in total. The minimum absolute atomic E-state index is 0.349. The fourth-order valence-electron chi connectivity index (χ4n) is 3.41. The van der Waals surface area contributed by atoms with Gasteiger partial charge in [0, 0.05) is 30.0 Å². The molecular formula is C23H26N2O4. The monoisotopic (exact) mass is 394 g/mol. The van der Waals surface area contributed by atoms with E-state index >= 15 is 0 Å². The SMILES string of the molecule is CNCCC1=C(C(C)c2ccccn2)c2ccccc2C1.O=C(O)/C=C\C(=O)O. The number of benzene rings is 1. The van der Waals surface area contributed by atoms with Crippen molar-refractivity contribution in [1.82, 2.24) is 10.3 Å². The Balaban J connectivity index is 0.000000321. The van der Waals surface area contributed by atoms with Crippen molar-refractivity contribution >= 4 is 17.5 Å². The van der Waals surface area contributed by atoms with Crippen molar-refractivity contribution in [3.63, 3.8) is 0 Å². The van der Waals surface area contributed by atoms with Crippen LogP contribution in [0.25, 0.3) is 5.57 Å². The van der Waals surface area contributed by atoms with E-state index in [1.807, 2.05) is 19.3 Å². The Hall–Kier alpha value is -3.25. The number of aromatic nitrogens is 1. The number of hydrogen-bond acceptors (Lipinski definition) is 4. The van der Waals surface area contributed by atoms with Crippen molar-refractivity contribution < 1.29 is 19.8 Å². The van der Waals surface area contributed by atoms with Crippen LogP contribution in [0.3, 0.4) is 0 Å². The van der Waals surface area contributed by atoms with E-state index in [0.717, 1.165) is 25.1 Å². The van der Waals surface area contributed by atoms with Crippen LogP contribution < -0.4 is 5.32 Å². The molecule has 152 valence electrons. The molecule has 0 fully saturated rings. The zero-order chi connectivity index (χ0) is 21.2. The van der Waals surface area contributed by atoms with Gasteiger partial charge in [0.25, 0.3) is 0 Å². The summed E-state index contributed by atoms with van der Waals surface area (Å²) < 4.78 is 0. The molecule has 6 heteroatoms. The molecule has 1 aromatic carbocycles. The average Bonchev–Trinajstić information content (AvgIpc) is 3.09. The maximum Gasteiger partial charge on any atom is 0.328 e. The number of carbonyl (C=O) groups is 2. The Morgan fingerprint density at radius 2 is 1.76 bits per heavy atom. The number of carboxylic acid groups (broad SMARTS) is 2. The molecule has 1 unspecified atom stereocenters. The van der Waals surface area contributed by atoms with Gasteiger partial charge < -0.3 is 15.5 Å². The van der Waals surface area contributed by atoms with Gasteiger partial charge in [0.05, 0.1) is 0 Å². The van der Waals surface area contributed by atoms with Gasteiger partial charge in [0.1, 0.15) is 0 Å². The summed E-state index contributed by atoms with van der Waals surface area (Å²) in [6.45, 7) is 3.31. The van der Waals surface area contributed by atoms with Crippen molar-refractivity contribution in [3.8, 4) is 0 Å².